The van der Waals surface area contributed by atoms with Crippen LogP contribution >= 0.6 is 15.9 Å². The summed E-state index contributed by atoms with van der Waals surface area (Å²) in [5.41, 5.74) is -0.515. The van der Waals surface area contributed by atoms with Gasteiger partial charge in [0.25, 0.3) is 0 Å². The summed E-state index contributed by atoms with van der Waals surface area (Å²) >= 11 is 3.37. The number of hydrogen-bond acceptors (Lipinski definition) is 7. The van der Waals surface area contributed by atoms with Crippen molar-refractivity contribution in [3.63, 3.8) is 0 Å². The molecule has 238 valence electrons. The van der Waals surface area contributed by atoms with Gasteiger partial charge >= 0.3 is 24.1 Å². The minimum absolute atomic E-state index is 0.0782. The average molecular weight is 682 g/mol. The number of methoxy groups -OCH3 is 1. The van der Waals surface area contributed by atoms with Crippen molar-refractivity contribution < 1.29 is 46.5 Å². The van der Waals surface area contributed by atoms with E-state index >= 15 is 0 Å². The number of esters is 3. The van der Waals surface area contributed by atoms with Gasteiger partial charge in [0.1, 0.15) is 22.5 Å². The molecule has 1 heterocycles. The molecule has 0 radical (unpaired) electrons. The van der Waals surface area contributed by atoms with Crippen LogP contribution in [0.2, 0.25) is 0 Å². The van der Waals surface area contributed by atoms with E-state index in [1.54, 1.807) is 37.3 Å². The molecule has 7 nitrogen and oxygen atoms in total. The molecule has 2 aromatic rings. The zero-order chi connectivity index (χ0) is 32.4. The fraction of sp³-hybridized carbons (Fsp3) is 0.545. The van der Waals surface area contributed by atoms with Gasteiger partial charge in [0, 0.05) is 21.9 Å². The van der Waals surface area contributed by atoms with Crippen LogP contribution in [-0.2, 0) is 14.3 Å². The van der Waals surface area contributed by atoms with E-state index in [0.717, 1.165) is 17.3 Å². The normalized spacial score (nSPS) is 26.9. The third-order valence-electron chi connectivity index (χ3n) is 9.90. The van der Waals surface area contributed by atoms with Gasteiger partial charge in [-0.3, -0.25) is 0 Å². The highest BCUT2D eigenvalue weighted by Gasteiger charge is 2.71. The Hall–Kier alpha value is -3.08. The van der Waals surface area contributed by atoms with E-state index < -0.39 is 35.3 Å². The summed E-state index contributed by atoms with van der Waals surface area (Å²) in [6.07, 6.45) is -2.03. The molecule has 11 heteroatoms. The van der Waals surface area contributed by atoms with Crippen LogP contribution in [0, 0.1) is 24.2 Å². The van der Waals surface area contributed by atoms with Crippen molar-refractivity contribution in [3.05, 3.63) is 57.1 Å². The van der Waals surface area contributed by atoms with E-state index in [4.69, 9.17) is 18.9 Å². The quantitative estimate of drug-likeness (QED) is 0.206. The van der Waals surface area contributed by atoms with Crippen LogP contribution in [0.15, 0.2) is 34.8 Å². The van der Waals surface area contributed by atoms with Crippen LogP contribution in [0.3, 0.4) is 0 Å². The van der Waals surface area contributed by atoms with Gasteiger partial charge < -0.3 is 18.9 Å². The molecule has 2 aliphatic carbocycles. The number of carbonyl (C=O) groups excluding carboxylic acids is 3. The molecular weight excluding hydrogens is 645 g/mol. The predicted molar refractivity (Wildman–Crippen MR) is 158 cm³/mol. The summed E-state index contributed by atoms with van der Waals surface area (Å²) in [6.45, 7) is 8.92. The Morgan fingerprint density at radius 2 is 1.75 bits per heavy atom. The zero-order valence-electron chi connectivity index (χ0n) is 25.5. The molecule has 0 spiro atoms. The van der Waals surface area contributed by atoms with Gasteiger partial charge in [0.2, 0.25) is 0 Å². The second-order valence-corrected chi connectivity index (χ2v) is 14.2. The highest BCUT2D eigenvalue weighted by molar-refractivity contribution is 9.10. The number of alkyl halides is 3. The molecule has 1 aliphatic heterocycles. The lowest BCUT2D eigenvalue weighted by Gasteiger charge is -2.64. The second kappa shape index (κ2) is 11.1. The van der Waals surface area contributed by atoms with E-state index in [-0.39, 0.29) is 40.9 Å². The lowest BCUT2D eigenvalue weighted by Crippen LogP contribution is -2.61. The van der Waals surface area contributed by atoms with Crippen LogP contribution < -0.4 is 9.47 Å². The lowest BCUT2D eigenvalue weighted by atomic mass is 9.43. The molecule has 2 aromatic carbocycles. The molecule has 5 rings (SSSR count). The van der Waals surface area contributed by atoms with Gasteiger partial charge in [-0.15, -0.1) is 0 Å². The number of ether oxygens (including phenoxy) is 4. The predicted octanol–water partition coefficient (Wildman–Crippen LogP) is 8.10. The van der Waals surface area contributed by atoms with Crippen LogP contribution in [-0.4, -0.2) is 42.4 Å². The highest BCUT2D eigenvalue weighted by Crippen LogP contribution is 2.76. The Bertz CT molecular complexity index is 1500. The van der Waals surface area contributed by atoms with Crippen molar-refractivity contribution in [2.24, 2.45) is 17.3 Å². The molecule has 0 saturated heterocycles. The standard InChI is InChI=1S/C33H36BrF3O7/c1-17-16-21-23(26(22(17)28(39)41-6)42-27(38)18-8-10-19(34)11-9-18)25-24-20(12-15-32(24,5)43-21)31(25,4)14-7-13-30(2,3)44-29(40)33(35,36)37/h8-11,16,20,24-25H,7,12-15H2,1-6H3/t20-,24+,25+,31+,32+/m0/s1. The lowest BCUT2D eigenvalue weighted by molar-refractivity contribution is -0.212. The zero-order valence-corrected chi connectivity index (χ0v) is 27.1. The Morgan fingerprint density at radius 3 is 2.36 bits per heavy atom. The van der Waals surface area contributed by atoms with E-state index in [9.17, 15) is 27.6 Å². The summed E-state index contributed by atoms with van der Waals surface area (Å²) in [5.74, 6) is -2.67. The number of rotatable bonds is 8. The summed E-state index contributed by atoms with van der Waals surface area (Å²) in [7, 11) is 1.27. The molecule has 2 fully saturated rings. The van der Waals surface area contributed by atoms with E-state index in [1.165, 1.54) is 21.0 Å². The van der Waals surface area contributed by atoms with Crippen molar-refractivity contribution in [1.29, 1.82) is 0 Å². The van der Waals surface area contributed by atoms with Gasteiger partial charge in [-0.05, 0) is 107 Å². The van der Waals surface area contributed by atoms with Gasteiger partial charge in [0.15, 0.2) is 5.75 Å². The first-order valence-corrected chi connectivity index (χ1v) is 15.4. The summed E-state index contributed by atoms with van der Waals surface area (Å²) in [6, 6.07) is 8.48. The topological polar surface area (TPSA) is 88.1 Å². The Kier molecular flexibility index (Phi) is 8.13. The van der Waals surface area contributed by atoms with E-state index in [0.29, 0.717) is 35.3 Å². The minimum atomic E-state index is -5.07. The second-order valence-electron chi connectivity index (χ2n) is 13.3. The first kappa shape index (κ1) is 32.3. The maximum atomic E-state index is 13.4. The Balaban J connectivity index is 1.52. The Labute approximate surface area is 262 Å². The average Bonchev–Trinajstić information content (AvgIpc) is 3.26. The van der Waals surface area contributed by atoms with Gasteiger partial charge in [-0.25, -0.2) is 14.4 Å². The van der Waals surface area contributed by atoms with Crippen molar-refractivity contribution in [2.75, 3.05) is 7.11 Å². The molecule has 0 unspecified atom stereocenters. The molecule has 44 heavy (non-hydrogen) atoms. The fourth-order valence-corrected chi connectivity index (χ4v) is 8.15. The third-order valence-corrected chi connectivity index (χ3v) is 10.4. The number of fused-ring (bicyclic) bond motifs is 2. The molecular formula is C33H36BrF3O7. The van der Waals surface area contributed by atoms with Crippen molar-refractivity contribution in [1.82, 2.24) is 0 Å². The summed E-state index contributed by atoms with van der Waals surface area (Å²) in [4.78, 5) is 38.1. The molecule has 0 aromatic heterocycles. The summed E-state index contributed by atoms with van der Waals surface area (Å²) in [5, 5.41) is 0. The van der Waals surface area contributed by atoms with Gasteiger partial charge in [-0.1, -0.05) is 22.9 Å². The van der Waals surface area contributed by atoms with Crippen molar-refractivity contribution >= 4 is 33.8 Å². The highest BCUT2D eigenvalue weighted by atomic mass is 79.9. The van der Waals surface area contributed by atoms with Crippen molar-refractivity contribution in [3.8, 4) is 11.5 Å². The minimum Gasteiger partial charge on any atom is -0.487 e. The maximum absolute atomic E-state index is 13.4. The number of benzene rings is 2. The van der Waals surface area contributed by atoms with E-state index in [1.807, 2.05) is 0 Å². The Morgan fingerprint density at radius 1 is 1.09 bits per heavy atom. The van der Waals surface area contributed by atoms with Crippen LogP contribution in [0.5, 0.6) is 11.5 Å². The number of hydrogen-bond donors (Lipinski definition) is 0. The van der Waals surface area contributed by atoms with Crippen molar-refractivity contribution in [2.45, 2.75) is 90.0 Å². The van der Waals surface area contributed by atoms with Gasteiger partial charge in [0.05, 0.1) is 12.7 Å². The molecule has 0 amide bonds. The molecule has 2 saturated carbocycles. The largest absolute Gasteiger partial charge is 0.490 e. The molecule has 0 N–H and O–H groups in total. The van der Waals surface area contributed by atoms with E-state index in [2.05, 4.69) is 29.8 Å². The molecule has 0 bridgehead atoms. The molecule has 5 atom stereocenters. The van der Waals surface area contributed by atoms with Crippen LogP contribution in [0.25, 0.3) is 0 Å². The monoisotopic (exact) mass is 680 g/mol. The first-order valence-electron chi connectivity index (χ1n) is 14.6. The van der Waals surface area contributed by atoms with Crippen LogP contribution in [0.4, 0.5) is 13.2 Å². The number of carbonyl (C=O) groups is 3. The molecule has 3 aliphatic rings. The number of halogens is 4. The van der Waals surface area contributed by atoms with Crippen LogP contribution in [0.1, 0.15) is 97.6 Å². The third kappa shape index (κ3) is 5.49. The SMILES string of the molecule is COC(=O)c1c(C)cc2c(c1OC(=O)c1ccc(Br)cc1)[C@@H]1[C@H]3[C@H](CC[C@@]3(C)O2)[C@@]1(C)CCCC(C)(C)OC(=O)C(F)(F)F. The first-order chi connectivity index (χ1) is 20.4. The maximum Gasteiger partial charge on any atom is 0.490 e. The summed E-state index contributed by atoms with van der Waals surface area (Å²) < 4.78 is 62.0. The smallest absolute Gasteiger partial charge is 0.487 e. The number of aryl methyl sites for hydroxylation is 1. The van der Waals surface area contributed by atoms with Gasteiger partial charge in [-0.2, -0.15) is 13.2 Å². The fourth-order valence-electron chi connectivity index (χ4n) is 7.89.